The third-order valence-corrected chi connectivity index (χ3v) is 11.1. The summed E-state index contributed by atoms with van der Waals surface area (Å²) in [4.78, 5) is 37.4. The monoisotopic (exact) mass is 790 g/mol. The van der Waals surface area contributed by atoms with E-state index in [4.69, 9.17) is 18.5 Å². The van der Waals surface area contributed by atoms with Gasteiger partial charge in [-0.05, 0) is 12.8 Å². The highest BCUT2D eigenvalue weighted by atomic mass is 31.2. The molecule has 0 bridgehead atoms. The summed E-state index contributed by atoms with van der Waals surface area (Å²) in [6.45, 7) is 4.24. The maximum Gasteiger partial charge on any atom is 0.306 e. The maximum absolute atomic E-state index is 12.6. The van der Waals surface area contributed by atoms with Gasteiger partial charge in [0.1, 0.15) is 19.8 Å². The number of ether oxygens (including phenoxy) is 2. The smallest absolute Gasteiger partial charge is 0.306 e. The van der Waals surface area contributed by atoms with Gasteiger partial charge in [0.25, 0.3) is 7.82 Å². The minimum atomic E-state index is -4.61. The summed E-state index contributed by atoms with van der Waals surface area (Å²) in [7, 11) is 1.18. The van der Waals surface area contributed by atoms with Gasteiger partial charge in [-0.2, -0.15) is 0 Å². The van der Waals surface area contributed by atoms with Crippen molar-refractivity contribution in [1.82, 2.24) is 0 Å². The third-order valence-electron chi connectivity index (χ3n) is 10.1. The van der Waals surface area contributed by atoms with E-state index in [1.165, 1.54) is 148 Å². The molecule has 0 saturated carbocycles. The van der Waals surface area contributed by atoms with Crippen LogP contribution in [0, 0.1) is 0 Å². The second kappa shape index (κ2) is 37.6. The Balaban J connectivity index is 4.14. The number of unbranched alkanes of at least 4 members (excludes halogenated alkanes) is 28. The Morgan fingerprint density at radius 2 is 0.833 bits per heavy atom. The Labute approximate surface area is 334 Å². The fourth-order valence-corrected chi connectivity index (χ4v) is 7.27. The van der Waals surface area contributed by atoms with Crippen molar-refractivity contribution in [3.05, 3.63) is 0 Å². The van der Waals surface area contributed by atoms with Crippen molar-refractivity contribution in [2.24, 2.45) is 0 Å². The molecular formula is C44H88NO8P. The molecule has 0 aromatic carbocycles. The molecule has 54 heavy (non-hydrogen) atoms. The maximum atomic E-state index is 12.6. The quantitative estimate of drug-likeness (QED) is 0.0260. The Morgan fingerprint density at radius 1 is 0.500 bits per heavy atom. The van der Waals surface area contributed by atoms with Crippen LogP contribution in [-0.2, 0) is 32.7 Å². The van der Waals surface area contributed by atoms with Crippen LogP contribution in [0.2, 0.25) is 0 Å². The van der Waals surface area contributed by atoms with E-state index >= 15 is 0 Å². The zero-order valence-electron chi connectivity index (χ0n) is 36.2. The molecule has 0 fully saturated rings. The molecule has 0 rings (SSSR count). The van der Waals surface area contributed by atoms with Crippen molar-refractivity contribution >= 4 is 19.8 Å². The normalized spacial score (nSPS) is 13.5. The van der Waals surface area contributed by atoms with E-state index in [9.17, 15) is 19.0 Å². The van der Waals surface area contributed by atoms with Crippen molar-refractivity contribution < 1.29 is 42.1 Å². The second-order valence-electron chi connectivity index (χ2n) is 16.8. The van der Waals surface area contributed by atoms with Crippen LogP contribution in [0.25, 0.3) is 0 Å². The Morgan fingerprint density at radius 3 is 1.19 bits per heavy atom. The Hall–Kier alpha value is -0.990. The lowest BCUT2D eigenvalue weighted by Crippen LogP contribution is -2.37. The van der Waals surface area contributed by atoms with Crippen LogP contribution in [0.15, 0.2) is 0 Å². The molecule has 2 atom stereocenters. The fourth-order valence-electron chi connectivity index (χ4n) is 6.54. The van der Waals surface area contributed by atoms with E-state index in [1.54, 1.807) is 0 Å². The van der Waals surface area contributed by atoms with Crippen LogP contribution in [-0.4, -0.2) is 70.0 Å². The van der Waals surface area contributed by atoms with Gasteiger partial charge in [0, 0.05) is 12.8 Å². The molecule has 2 unspecified atom stereocenters. The van der Waals surface area contributed by atoms with E-state index in [1.807, 2.05) is 21.1 Å². The minimum absolute atomic E-state index is 0.0260. The van der Waals surface area contributed by atoms with Gasteiger partial charge in [-0.15, -0.1) is 0 Å². The highest BCUT2D eigenvalue weighted by Gasteiger charge is 2.21. The number of esters is 2. The molecule has 0 amide bonds. The SMILES string of the molecule is CCCCCCCCCCCCCCCCCCCCCCCC(=O)OCC(COP(=O)([O-])OCC[N+](C)(C)C)OC(=O)CCCCCCCCCCC. The van der Waals surface area contributed by atoms with Crippen LogP contribution in [0.3, 0.4) is 0 Å². The lowest BCUT2D eigenvalue weighted by Gasteiger charge is -2.28. The first kappa shape index (κ1) is 53.0. The summed E-state index contributed by atoms with van der Waals surface area (Å²) in [5.41, 5.74) is 0. The number of nitrogens with zero attached hydrogens (tertiary/aromatic N) is 1. The van der Waals surface area contributed by atoms with E-state index in [0.29, 0.717) is 17.4 Å². The van der Waals surface area contributed by atoms with Gasteiger partial charge >= 0.3 is 11.9 Å². The number of carbonyl (C=O) groups excluding carboxylic acids is 2. The average molecular weight is 790 g/mol. The van der Waals surface area contributed by atoms with Gasteiger partial charge in [-0.3, -0.25) is 14.2 Å². The summed E-state index contributed by atoms with van der Waals surface area (Å²) < 4.78 is 33.8. The third kappa shape index (κ3) is 40.7. The molecule has 322 valence electrons. The number of quaternary nitrogens is 1. The highest BCUT2D eigenvalue weighted by molar-refractivity contribution is 7.45. The molecule has 0 aliphatic heterocycles. The summed E-state index contributed by atoms with van der Waals surface area (Å²) in [5.74, 6) is -0.823. The van der Waals surface area contributed by atoms with Gasteiger partial charge in [0.2, 0.25) is 0 Å². The van der Waals surface area contributed by atoms with Crippen molar-refractivity contribution in [2.45, 2.75) is 225 Å². The Kier molecular flexibility index (Phi) is 36.9. The van der Waals surface area contributed by atoms with Gasteiger partial charge < -0.3 is 27.9 Å². The van der Waals surface area contributed by atoms with Gasteiger partial charge in [0.15, 0.2) is 6.10 Å². The lowest BCUT2D eigenvalue weighted by atomic mass is 10.0. The molecule has 0 radical (unpaired) electrons. The molecule has 0 heterocycles. The molecule has 9 nitrogen and oxygen atoms in total. The standard InChI is InChI=1S/C44H88NO8P/c1-6-8-10-12-14-16-17-18-19-20-21-22-23-24-25-26-27-29-30-32-34-36-43(46)50-40-42(41-52-54(48,49)51-39-38-45(3,4)5)53-44(47)37-35-33-31-28-15-13-11-9-7-2/h42H,6-41H2,1-5H3. The summed E-state index contributed by atoms with van der Waals surface area (Å²) in [6, 6.07) is 0. The molecule has 0 aromatic heterocycles. The van der Waals surface area contributed by atoms with Crippen molar-refractivity contribution in [1.29, 1.82) is 0 Å². The number of carbonyl (C=O) groups is 2. The topological polar surface area (TPSA) is 111 Å². The number of likely N-dealkylation sites (N-methyl/N-ethyl adjacent to an activating group) is 1. The van der Waals surface area contributed by atoms with Crippen molar-refractivity contribution in [2.75, 3.05) is 47.5 Å². The fraction of sp³-hybridized carbons (Fsp3) is 0.955. The predicted octanol–water partition coefficient (Wildman–Crippen LogP) is 12.2. The largest absolute Gasteiger partial charge is 0.756 e. The van der Waals surface area contributed by atoms with Crippen molar-refractivity contribution in [3.63, 3.8) is 0 Å². The number of phosphoric ester groups is 1. The predicted molar refractivity (Wildman–Crippen MR) is 222 cm³/mol. The van der Waals surface area contributed by atoms with Gasteiger partial charge in [-0.1, -0.05) is 194 Å². The molecule has 0 aromatic rings. The highest BCUT2D eigenvalue weighted by Crippen LogP contribution is 2.38. The van der Waals surface area contributed by atoms with E-state index in [-0.39, 0.29) is 32.0 Å². The number of hydrogen-bond donors (Lipinski definition) is 0. The molecule has 0 saturated heterocycles. The van der Waals surface area contributed by atoms with E-state index in [0.717, 1.165) is 38.5 Å². The van der Waals surface area contributed by atoms with Crippen LogP contribution in [0.4, 0.5) is 0 Å². The van der Waals surface area contributed by atoms with Crippen LogP contribution in [0.5, 0.6) is 0 Å². The number of phosphoric acid groups is 1. The van der Waals surface area contributed by atoms with Gasteiger partial charge in [0.05, 0.1) is 27.7 Å². The lowest BCUT2D eigenvalue weighted by molar-refractivity contribution is -0.870. The number of rotatable bonds is 42. The minimum Gasteiger partial charge on any atom is -0.756 e. The second-order valence-corrected chi connectivity index (χ2v) is 18.2. The van der Waals surface area contributed by atoms with E-state index < -0.39 is 26.5 Å². The molecule has 0 aliphatic carbocycles. The molecule has 0 spiro atoms. The zero-order chi connectivity index (χ0) is 40.0. The van der Waals surface area contributed by atoms with E-state index in [2.05, 4.69) is 13.8 Å². The number of hydrogen-bond acceptors (Lipinski definition) is 8. The average Bonchev–Trinajstić information content (AvgIpc) is 3.12. The van der Waals surface area contributed by atoms with Gasteiger partial charge in [-0.25, -0.2) is 0 Å². The first-order chi connectivity index (χ1) is 26.0. The van der Waals surface area contributed by atoms with Crippen LogP contribution >= 0.6 is 7.82 Å². The summed E-state index contributed by atoms with van der Waals surface area (Å²) in [5, 5.41) is 0. The zero-order valence-corrected chi connectivity index (χ0v) is 37.1. The van der Waals surface area contributed by atoms with Crippen LogP contribution < -0.4 is 4.89 Å². The molecule has 10 heteroatoms. The first-order valence-corrected chi connectivity index (χ1v) is 24.2. The molecular weight excluding hydrogens is 701 g/mol. The van der Waals surface area contributed by atoms with Crippen molar-refractivity contribution in [3.8, 4) is 0 Å². The molecule has 0 aliphatic rings. The molecule has 0 N–H and O–H groups in total. The summed E-state index contributed by atoms with van der Waals surface area (Å²) >= 11 is 0. The van der Waals surface area contributed by atoms with Crippen LogP contribution in [0.1, 0.15) is 219 Å². The first-order valence-electron chi connectivity index (χ1n) is 22.7. The summed E-state index contributed by atoms with van der Waals surface area (Å²) in [6.07, 6.45) is 37.1. The Bertz CT molecular complexity index is 896.